The SMILES string of the molecule is N#CC1CN(C(=O)c2nc(N)n[nH]2)CCO1. The van der Waals surface area contributed by atoms with Crippen molar-refractivity contribution in [1.82, 2.24) is 20.1 Å². The van der Waals surface area contributed by atoms with Crippen LogP contribution in [0.5, 0.6) is 0 Å². The average Bonchev–Trinajstić information content (AvgIpc) is 2.75. The molecule has 0 saturated carbocycles. The highest BCUT2D eigenvalue weighted by Gasteiger charge is 2.26. The zero-order chi connectivity index (χ0) is 11.5. The number of nitrogens with two attached hydrogens (primary N) is 1. The molecule has 3 N–H and O–H groups in total. The van der Waals surface area contributed by atoms with Gasteiger partial charge in [-0.3, -0.25) is 9.89 Å². The molecular weight excluding hydrogens is 212 g/mol. The highest BCUT2D eigenvalue weighted by atomic mass is 16.5. The minimum atomic E-state index is -0.585. The molecule has 0 aromatic carbocycles. The normalized spacial score (nSPS) is 20.4. The summed E-state index contributed by atoms with van der Waals surface area (Å²) >= 11 is 0. The molecule has 0 aliphatic carbocycles. The van der Waals surface area contributed by atoms with E-state index < -0.39 is 6.10 Å². The Morgan fingerprint density at radius 2 is 2.56 bits per heavy atom. The summed E-state index contributed by atoms with van der Waals surface area (Å²) in [4.78, 5) is 17.1. The van der Waals surface area contributed by atoms with Crippen molar-refractivity contribution < 1.29 is 9.53 Å². The number of nitrogens with zero attached hydrogens (tertiary/aromatic N) is 4. The molecule has 2 rings (SSSR count). The van der Waals surface area contributed by atoms with E-state index in [1.54, 1.807) is 0 Å². The van der Waals surface area contributed by atoms with Gasteiger partial charge in [-0.25, -0.2) is 0 Å². The number of ether oxygens (including phenoxy) is 1. The van der Waals surface area contributed by atoms with Crippen LogP contribution in [0.25, 0.3) is 0 Å². The first-order valence-electron chi connectivity index (χ1n) is 4.69. The van der Waals surface area contributed by atoms with E-state index in [9.17, 15) is 4.79 Å². The number of carbonyl (C=O) groups is 1. The zero-order valence-electron chi connectivity index (χ0n) is 8.38. The van der Waals surface area contributed by atoms with Gasteiger partial charge in [0.15, 0.2) is 6.10 Å². The first kappa shape index (κ1) is 10.4. The van der Waals surface area contributed by atoms with Crippen molar-refractivity contribution in [3.8, 4) is 6.07 Å². The molecule has 84 valence electrons. The fourth-order valence-corrected chi connectivity index (χ4v) is 1.43. The van der Waals surface area contributed by atoms with Gasteiger partial charge < -0.3 is 15.4 Å². The van der Waals surface area contributed by atoms with Crippen molar-refractivity contribution in [3.05, 3.63) is 5.82 Å². The lowest BCUT2D eigenvalue weighted by Crippen LogP contribution is -2.45. The second kappa shape index (κ2) is 4.16. The smallest absolute Gasteiger partial charge is 0.291 e. The molecule has 1 aliphatic rings. The Balaban J connectivity index is 2.08. The second-order valence-electron chi connectivity index (χ2n) is 3.28. The van der Waals surface area contributed by atoms with E-state index in [4.69, 9.17) is 15.7 Å². The monoisotopic (exact) mass is 222 g/mol. The molecule has 1 unspecified atom stereocenters. The van der Waals surface area contributed by atoms with E-state index in [-0.39, 0.29) is 24.2 Å². The third-order valence-corrected chi connectivity index (χ3v) is 2.20. The van der Waals surface area contributed by atoms with E-state index in [0.717, 1.165) is 0 Å². The van der Waals surface area contributed by atoms with Crippen LogP contribution in [-0.2, 0) is 4.74 Å². The number of H-pyrrole nitrogens is 1. The van der Waals surface area contributed by atoms with Crippen molar-refractivity contribution in [2.75, 3.05) is 25.4 Å². The largest absolute Gasteiger partial charge is 0.366 e. The van der Waals surface area contributed by atoms with Gasteiger partial charge in [-0.1, -0.05) is 0 Å². The maximum absolute atomic E-state index is 11.8. The molecule has 16 heavy (non-hydrogen) atoms. The van der Waals surface area contributed by atoms with Gasteiger partial charge in [0.1, 0.15) is 0 Å². The minimum Gasteiger partial charge on any atom is -0.366 e. The molecule has 1 aromatic rings. The van der Waals surface area contributed by atoms with Gasteiger partial charge in [0.25, 0.3) is 5.91 Å². The third kappa shape index (κ3) is 1.94. The number of amides is 1. The highest BCUT2D eigenvalue weighted by molar-refractivity contribution is 5.90. The maximum Gasteiger partial charge on any atom is 0.291 e. The Kier molecular flexibility index (Phi) is 2.70. The Labute approximate surface area is 91.0 Å². The van der Waals surface area contributed by atoms with Crippen molar-refractivity contribution in [3.63, 3.8) is 0 Å². The Morgan fingerprint density at radius 3 is 3.19 bits per heavy atom. The lowest BCUT2D eigenvalue weighted by atomic mass is 10.3. The van der Waals surface area contributed by atoms with Crippen molar-refractivity contribution in [2.45, 2.75) is 6.10 Å². The topological polar surface area (TPSA) is 121 Å². The Bertz CT molecular complexity index is 436. The number of anilines is 1. The highest BCUT2D eigenvalue weighted by Crippen LogP contribution is 2.08. The van der Waals surface area contributed by atoms with E-state index >= 15 is 0 Å². The summed E-state index contributed by atoms with van der Waals surface area (Å²) in [5, 5.41) is 14.7. The first-order valence-corrected chi connectivity index (χ1v) is 4.69. The first-order chi connectivity index (χ1) is 7.70. The number of hydrogen-bond acceptors (Lipinski definition) is 6. The fourth-order valence-electron chi connectivity index (χ4n) is 1.43. The quantitative estimate of drug-likeness (QED) is 0.612. The van der Waals surface area contributed by atoms with Gasteiger partial charge >= 0.3 is 0 Å². The summed E-state index contributed by atoms with van der Waals surface area (Å²) < 4.78 is 5.12. The van der Waals surface area contributed by atoms with E-state index in [0.29, 0.717) is 13.2 Å². The van der Waals surface area contributed by atoms with Crippen LogP contribution in [-0.4, -0.2) is 51.8 Å². The molecule has 1 aromatic heterocycles. The summed E-state index contributed by atoms with van der Waals surface area (Å²) in [7, 11) is 0. The number of carbonyl (C=O) groups excluding carboxylic acids is 1. The summed E-state index contributed by atoms with van der Waals surface area (Å²) in [6.45, 7) is 1.00. The number of nitrogen functional groups attached to an aromatic ring is 1. The van der Waals surface area contributed by atoms with Crippen molar-refractivity contribution in [1.29, 1.82) is 5.26 Å². The number of aromatic amines is 1. The van der Waals surface area contributed by atoms with Crippen molar-refractivity contribution in [2.24, 2.45) is 0 Å². The number of nitrogens with one attached hydrogen (secondary N) is 1. The third-order valence-electron chi connectivity index (χ3n) is 2.20. The molecule has 1 fully saturated rings. The van der Waals surface area contributed by atoms with Crippen LogP contribution < -0.4 is 5.73 Å². The number of rotatable bonds is 1. The van der Waals surface area contributed by atoms with Gasteiger partial charge in [-0.15, -0.1) is 5.10 Å². The summed E-state index contributed by atoms with van der Waals surface area (Å²) in [6, 6.07) is 1.96. The van der Waals surface area contributed by atoms with Gasteiger partial charge in [0.2, 0.25) is 11.8 Å². The number of nitriles is 1. The van der Waals surface area contributed by atoms with Gasteiger partial charge in [-0.2, -0.15) is 10.2 Å². The Hall–Kier alpha value is -2.14. The molecule has 8 heteroatoms. The van der Waals surface area contributed by atoms with Crippen LogP contribution in [0.1, 0.15) is 10.6 Å². The standard InChI is InChI=1S/C8H10N6O2/c9-3-5-4-14(1-2-16-5)7(15)6-11-8(10)13-12-6/h5H,1-2,4H2,(H3,10,11,12,13). The van der Waals surface area contributed by atoms with Crippen LogP contribution in [0.3, 0.4) is 0 Å². The van der Waals surface area contributed by atoms with Crippen LogP contribution in [0.2, 0.25) is 0 Å². The van der Waals surface area contributed by atoms with E-state index in [1.807, 2.05) is 6.07 Å². The van der Waals surface area contributed by atoms with Crippen molar-refractivity contribution >= 4 is 11.9 Å². The van der Waals surface area contributed by atoms with Gasteiger partial charge in [0.05, 0.1) is 19.2 Å². The summed E-state index contributed by atoms with van der Waals surface area (Å²) in [5.41, 5.74) is 5.30. The lowest BCUT2D eigenvalue weighted by Gasteiger charge is -2.28. The van der Waals surface area contributed by atoms with Crippen LogP contribution >= 0.6 is 0 Å². The molecule has 0 radical (unpaired) electrons. The molecular formula is C8H10N6O2. The van der Waals surface area contributed by atoms with E-state index in [2.05, 4.69) is 15.2 Å². The predicted molar refractivity (Wildman–Crippen MR) is 52.1 cm³/mol. The minimum absolute atomic E-state index is 0.0217. The Morgan fingerprint density at radius 1 is 1.75 bits per heavy atom. The predicted octanol–water partition coefficient (Wildman–Crippen LogP) is -1.25. The zero-order valence-corrected chi connectivity index (χ0v) is 8.38. The van der Waals surface area contributed by atoms with Crippen LogP contribution in [0.15, 0.2) is 0 Å². The van der Waals surface area contributed by atoms with Gasteiger partial charge in [-0.05, 0) is 0 Å². The molecule has 0 bridgehead atoms. The molecule has 0 spiro atoms. The molecule has 1 saturated heterocycles. The molecule has 1 aliphatic heterocycles. The summed E-state index contributed by atoms with van der Waals surface area (Å²) in [5.74, 6) is -0.225. The molecule has 2 heterocycles. The molecule has 1 amide bonds. The number of morpholine rings is 1. The van der Waals surface area contributed by atoms with E-state index in [1.165, 1.54) is 4.90 Å². The lowest BCUT2D eigenvalue weighted by molar-refractivity contribution is 0.00293. The number of aromatic nitrogens is 3. The van der Waals surface area contributed by atoms with Gasteiger partial charge in [0, 0.05) is 6.54 Å². The van der Waals surface area contributed by atoms with Crippen LogP contribution in [0.4, 0.5) is 5.95 Å². The maximum atomic E-state index is 11.8. The van der Waals surface area contributed by atoms with Crippen LogP contribution in [0, 0.1) is 11.3 Å². The fraction of sp³-hybridized carbons (Fsp3) is 0.500. The second-order valence-corrected chi connectivity index (χ2v) is 3.28. The average molecular weight is 222 g/mol. The molecule has 8 nitrogen and oxygen atoms in total. The number of hydrogen-bond donors (Lipinski definition) is 2. The molecule has 1 atom stereocenters. The summed E-state index contributed by atoms with van der Waals surface area (Å²) in [6.07, 6.45) is -0.585.